The third-order valence-corrected chi connectivity index (χ3v) is 5.80. The van der Waals surface area contributed by atoms with Gasteiger partial charge in [0.1, 0.15) is 6.61 Å². The average Bonchev–Trinajstić information content (AvgIpc) is 2.35. The summed E-state index contributed by atoms with van der Waals surface area (Å²) in [4.78, 5) is 0.302. The number of hydrogen-bond donors (Lipinski definition) is 1. The normalized spacial score (nSPS) is 15.6. The molecule has 1 aromatic rings. The molecule has 1 fully saturated rings. The van der Waals surface area contributed by atoms with Crippen LogP contribution < -0.4 is 0 Å². The summed E-state index contributed by atoms with van der Waals surface area (Å²) in [6, 6.07) is 5.22. The van der Waals surface area contributed by atoms with E-state index >= 15 is 0 Å². The molecule has 1 aliphatic rings. The van der Waals surface area contributed by atoms with Crippen molar-refractivity contribution >= 4 is 10.0 Å². The topological polar surface area (TPSA) is 57.6 Å². The fourth-order valence-corrected chi connectivity index (χ4v) is 3.86. The molecule has 0 amide bonds. The van der Waals surface area contributed by atoms with Crippen molar-refractivity contribution in [3.8, 4) is 11.8 Å². The van der Waals surface area contributed by atoms with Crippen molar-refractivity contribution < 1.29 is 13.5 Å². The first-order valence-electron chi connectivity index (χ1n) is 6.65. The van der Waals surface area contributed by atoms with Gasteiger partial charge in [0, 0.05) is 18.7 Å². The maximum absolute atomic E-state index is 12.6. The fraction of sp³-hybridized carbons (Fsp3) is 0.467. The monoisotopic (exact) mass is 293 g/mol. The molecule has 5 heteroatoms. The number of aryl methyl sites for hydroxylation is 1. The summed E-state index contributed by atoms with van der Waals surface area (Å²) >= 11 is 0. The molecule has 0 aromatic heterocycles. The number of hydrogen-bond acceptors (Lipinski definition) is 3. The van der Waals surface area contributed by atoms with Gasteiger partial charge >= 0.3 is 0 Å². The molecule has 108 valence electrons. The van der Waals surface area contributed by atoms with Gasteiger partial charge in [-0.05, 0) is 37.5 Å². The Labute approximate surface area is 120 Å². The number of aliphatic hydroxyl groups excluding tert-OH is 1. The lowest BCUT2D eigenvalue weighted by Crippen LogP contribution is -2.41. The molecule has 0 aliphatic heterocycles. The van der Waals surface area contributed by atoms with Crippen molar-refractivity contribution in [2.75, 3.05) is 13.7 Å². The number of benzene rings is 1. The molecular weight excluding hydrogens is 274 g/mol. The predicted octanol–water partition coefficient (Wildman–Crippen LogP) is 1.51. The Morgan fingerprint density at radius 3 is 2.65 bits per heavy atom. The Morgan fingerprint density at radius 2 is 2.10 bits per heavy atom. The van der Waals surface area contributed by atoms with Crippen molar-refractivity contribution in [3.63, 3.8) is 0 Å². The van der Waals surface area contributed by atoms with Gasteiger partial charge < -0.3 is 5.11 Å². The maximum Gasteiger partial charge on any atom is 0.243 e. The van der Waals surface area contributed by atoms with E-state index in [1.54, 1.807) is 32.2 Å². The molecule has 0 bridgehead atoms. The third-order valence-electron chi connectivity index (χ3n) is 3.75. The van der Waals surface area contributed by atoms with Gasteiger partial charge in [-0.15, -0.1) is 0 Å². The lowest BCUT2D eigenvalue weighted by Gasteiger charge is -2.34. The molecule has 0 unspecified atom stereocenters. The summed E-state index contributed by atoms with van der Waals surface area (Å²) < 4.78 is 26.8. The maximum atomic E-state index is 12.6. The largest absolute Gasteiger partial charge is 0.384 e. The molecule has 0 radical (unpaired) electrons. The zero-order chi connectivity index (χ0) is 14.8. The Hall–Kier alpha value is -1.35. The molecule has 1 saturated carbocycles. The van der Waals surface area contributed by atoms with Crippen LogP contribution in [-0.4, -0.2) is 37.5 Å². The summed E-state index contributed by atoms with van der Waals surface area (Å²) in [7, 11) is -1.83. The molecular formula is C15H19NO3S. The van der Waals surface area contributed by atoms with E-state index in [0.717, 1.165) is 19.3 Å². The Bertz CT molecular complexity index is 651. The molecule has 0 saturated heterocycles. The quantitative estimate of drug-likeness (QED) is 0.860. The van der Waals surface area contributed by atoms with Crippen LogP contribution in [0.4, 0.5) is 0 Å². The van der Waals surface area contributed by atoms with E-state index in [0.29, 0.717) is 16.0 Å². The number of rotatable bonds is 3. The lowest BCUT2D eigenvalue weighted by molar-refractivity contribution is 0.249. The van der Waals surface area contributed by atoms with E-state index in [1.165, 1.54) is 4.31 Å². The highest BCUT2D eigenvalue weighted by Gasteiger charge is 2.32. The zero-order valence-electron chi connectivity index (χ0n) is 11.8. The van der Waals surface area contributed by atoms with Crippen molar-refractivity contribution in [3.05, 3.63) is 29.3 Å². The Morgan fingerprint density at radius 1 is 1.40 bits per heavy atom. The smallest absolute Gasteiger partial charge is 0.243 e. The molecule has 1 aliphatic carbocycles. The summed E-state index contributed by atoms with van der Waals surface area (Å²) in [6.07, 6.45) is 2.95. The van der Waals surface area contributed by atoms with Crippen LogP contribution in [0.5, 0.6) is 0 Å². The van der Waals surface area contributed by atoms with Crippen LogP contribution in [-0.2, 0) is 10.0 Å². The highest BCUT2D eigenvalue weighted by molar-refractivity contribution is 7.89. The second kappa shape index (κ2) is 5.96. The zero-order valence-corrected chi connectivity index (χ0v) is 12.6. The minimum absolute atomic E-state index is 0.117. The lowest BCUT2D eigenvalue weighted by atomic mass is 9.94. The second-order valence-electron chi connectivity index (χ2n) is 5.05. The number of aliphatic hydroxyl groups is 1. The van der Waals surface area contributed by atoms with E-state index in [4.69, 9.17) is 5.11 Å². The van der Waals surface area contributed by atoms with Gasteiger partial charge in [0.2, 0.25) is 10.0 Å². The minimum Gasteiger partial charge on any atom is -0.384 e. The standard InChI is InChI=1S/C15H19NO3S/c1-12-8-9-13(5-4-10-17)11-15(12)20(18,19)16(2)14-6-3-7-14/h8-9,11,14,17H,3,6-7,10H2,1-2H3. The molecule has 1 N–H and O–H groups in total. The molecule has 0 atom stereocenters. The van der Waals surface area contributed by atoms with Crippen molar-refractivity contribution in [2.45, 2.75) is 37.1 Å². The highest BCUT2D eigenvalue weighted by Crippen LogP contribution is 2.29. The van der Waals surface area contributed by atoms with Crippen LogP contribution in [0.3, 0.4) is 0 Å². The van der Waals surface area contributed by atoms with Gasteiger partial charge in [-0.25, -0.2) is 8.42 Å². The third kappa shape index (κ3) is 2.88. The van der Waals surface area contributed by atoms with E-state index in [2.05, 4.69) is 11.8 Å². The Balaban J connectivity index is 2.39. The minimum atomic E-state index is -3.47. The van der Waals surface area contributed by atoms with Gasteiger partial charge in [0.15, 0.2) is 0 Å². The molecule has 1 aromatic carbocycles. The van der Waals surface area contributed by atoms with Crippen LogP contribution in [0.25, 0.3) is 0 Å². The van der Waals surface area contributed by atoms with Crippen molar-refractivity contribution in [1.29, 1.82) is 0 Å². The molecule has 2 rings (SSSR count). The van der Waals surface area contributed by atoms with Gasteiger partial charge in [-0.2, -0.15) is 4.31 Å². The van der Waals surface area contributed by atoms with Gasteiger partial charge in [0.25, 0.3) is 0 Å². The van der Waals surface area contributed by atoms with Crippen molar-refractivity contribution in [1.82, 2.24) is 4.31 Å². The summed E-state index contributed by atoms with van der Waals surface area (Å²) in [5.41, 5.74) is 1.32. The van der Waals surface area contributed by atoms with Crippen LogP contribution in [0.1, 0.15) is 30.4 Å². The molecule has 20 heavy (non-hydrogen) atoms. The first kappa shape index (κ1) is 15.0. The summed E-state index contributed by atoms with van der Waals surface area (Å²) in [6.45, 7) is 1.54. The average molecular weight is 293 g/mol. The number of sulfonamides is 1. The van der Waals surface area contributed by atoms with Gasteiger partial charge in [-0.3, -0.25) is 0 Å². The van der Waals surface area contributed by atoms with Crippen LogP contribution >= 0.6 is 0 Å². The summed E-state index contributed by atoms with van der Waals surface area (Å²) in [5, 5.41) is 8.71. The van der Waals surface area contributed by atoms with E-state index in [1.807, 2.05) is 0 Å². The summed E-state index contributed by atoms with van der Waals surface area (Å²) in [5.74, 6) is 5.28. The first-order chi connectivity index (χ1) is 9.46. The van der Waals surface area contributed by atoms with Crippen LogP contribution in [0.2, 0.25) is 0 Å². The molecule has 4 nitrogen and oxygen atoms in total. The van der Waals surface area contributed by atoms with Gasteiger partial charge in [0.05, 0.1) is 4.90 Å². The van der Waals surface area contributed by atoms with E-state index < -0.39 is 10.0 Å². The molecule has 0 spiro atoms. The van der Waals surface area contributed by atoms with Gasteiger partial charge in [-0.1, -0.05) is 24.3 Å². The second-order valence-corrected chi connectivity index (χ2v) is 7.01. The Kier molecular flexibility index (Phi) is 4.48. The highest BCUT2D eigenvalue weighted by atomic mass is 32.2. The fourth-order valence-electron chi connectivity index (χ4n) is 2.20. The number of nitrogens with zero attached hydrogens (tertiary/aromatic N) is 1. The van der Waals surface area contributed by atoms with E-state index in [9.17, 15) is 8.42 Å². The van der Waals surface area contributed by atoms with Crippen LogP contribution in [0.15, 0.2) is 23.1 Å². The molecule has 0 heterocycles. The van der Waals surface area contributed by atoms with Crippen molar-refractivity contribution in [2.24, 2.45) is 0 Å². The SMILES string of the molecule is Cc1ccc(C#CCO)cc1S(=O)(=O)N(C)C1CCC1. The van der Waals surface area contributed by atoms with Crippen LogP contribution in [0, 0.1) is 18.8 Å². The van der Waals surface area contributed by atoms with E-state index in [-0.39, 0.29) is 12.6 Å². The first-order valence-corrected chi connectivity index (χ1v) is 8.09. The predicted molar refractivity (Wildman–Crippen MR) is 77.7 cm³/mol.